The molecule has 0 saturated carbocycles. The monoisotopic (exact) mass is 435 g/mol. The maximum absolute atomic E-state index is 12.1. The second-order valence-electron chi connectivity index (χ2n) is 5.48. The Kier molecular flexibility index (Phi) is 6.50. The Balaban J connectivity index is 1.58. The van der Waals surface area contributed by atoms with E-state index in [9.17, 15) is 14.9 Å². The van der Waals surface area contributed by atoms with E-state index in [4.69, 9.17) is 16.3 Å². The number of non-ortho nitro benzene ring substituents is 1. The number of anilines is 1. The Labute approximate surface area is 173 Å². The van der Waals surface area contributed by atoms with Crippen molar-refractivity contribution >= 4 is 51.4 Å². The third kappa shape index (κ3) is 5.00. The molecule has 0 unspecified atom stereocenters. The van der Waals surface area contributed by atoms with Crippen molar-refractivity contribution in [2.24, 2.45) is 0 Å². The Hall–Kier alpha value is -2.62. The highest BCUT2D eigenvalue weighted by Gasteiger charge is 2.11. The predicted molar refractivity (Wildman–Crippen MR) is 112 cm³/mol. The summed E-state index contributed by atoms with van der Waals surface area (Å²) in [6.07, 6.45) is 0. The van der Waals surface area contributed by atoms with Crippen molar-refractivity contribution in [1.82, 2.24) is 4.98 Å². The molecular weight excluding hydrogens is 422 g/mol. The molecule has 0 radical (unpaired) electrons. The summed E-state index contributed by atoms with van der Waals surface area (Å²) in [5.74, 6) is 0.538. The van der Waals surface area contributed by atoms with Gasteiger partial charge in [0.05, 0.1) is 28.5 Å². The number of nitro benzene ring substituents is 1. The minimum Gasteiger partial charge on any atom is -0.495 e. The molecule has 2 aromatic carbocycles. The first-order valence-electron chi connectivity index (χ1n) is 7.93. The topological polar surface area (TPSA) is 94.4 Å². The third-order valence-corrected chi connectivity index (χ3v) is 5.68. The molecule has 0 saturated heterocycles. The van der Waals surface area contributed by atoms with Crippen LogP contribution in [0.15, 0.2) is 52.7 Å². The number of methoxy groups -OCH3 is 1. The van der Waals surface area contributed by atoms with Gasteiger partial charge in [0.2, 0.25) is 5.91 Å². The van der Waals surface area contributed by atoms with Crippen LogP contribution in [0.2, 0.25) is 5.02 Å². The van der Waals surface area contributed by atoms with Gasteiger partial charge in [0.1, 0.15) is 5.75 Å². The summed E-state index contributed by atoms with van der Waals surface area (Å²) in [6, 6.07) is 11.4. The minimum absolute atomic E-state index is 0.0164. The lowest BCUT2D eigenvalue weighted by Crippen LogP contribution is -2.13. The highest BCUT2D eigenvalue weighted by atomic mass is 35.5. The number of amides is 1. The van der Waals surface area contributed by atoms with Crippen LogP contribution in [0.25, 0.3) is 11.3 Å². The summed E-state index contributed by atoms with van der Waals surface area (Å²) in [5.41, 5.74) is 1.54. The van der Waals surface area contributed by atoms with E-state index in [0.717, 1.165) is 10.5 Å². The zero-order valence-corrected chi connectivity index (χ0v) is 16.9. The standard InChI is InChI=1S/C18H14ClN3O4S2/c1-26-16-7-2-11(8-14(16)19)15-9-28-18(20-15)21-17(23)10-27-13-5-3-12(4-6-13)22(24)25/h2-9H,10H2,1H3,(H,20,21,23). The molecule has 0 aliphatic rings. The van der Waals surface area contributed by atoms with Crippen molar-refractivity contribution in [1.29, 1.82) is 0 Å². The van der Waals surface area contributed by atoms with Gasteiger partial charge in [-0.15, -0.1) is 23.1 Å². The number of ether oxygens (including phenoxy) is 1. The molecule has 1 aromatic heterocycles. The van der Waals surface area contributed by atoms with Crippen molar-refractivity contribution in [3.05, 3.63) is 63.0 Å². The number of thiazole rings is 1. The van der Waals surface area contributed by atoms with Gasteiger partial charge >= 0.3 is 0 Å². The van der Waals surface area contributed by atoms with E-state index in [0.29, 0.717) is 21.6 Å². The van der Waals surface area contributed by atoms with Gasteiger partial charge in [-0.25, -0.2) is 4.98 Å². The van der Waals surface area contributed by atoms with E-state index < -0.39 is 4.92 Å². The molecule has 1 N–H and O–H groups in total. The summed E-state index contributed by atoms with van der Waals surface area (Å²) >= 11 is 8.74. The largest absolute Gasteiger partial charge is 0.495 e. The molecule has 3 aromatic rings. The quantitative estimate of drug-likeness (QED) is 0.315. The number of nitro groups is 1. The first-order valence-corrected chi connectivity index (χ1v) is 10.2. The molecule has 0 aliphatic heterocycles. The van der Waals surface area contributed by atoms with Crippen molar-refractivity contribution in [2.45, 2.75) is 4.90 Å². The van der Waals surface area contributed by atoms with Gasteiger partial charge in [-0.3, -0.25) is 14.9 Å². The van der Waals surface area contributed by atoms with Gasteiger partial charge in [-0.05, 0) is 30.3 Å². The second-order valence-corrected chi connectivity index (χ2v) is 7.79. The molecule has 0 aliphatic carbocycles. The molecule has 0 atom stereocenters. The molecule has 1 amide bonds. The average Bonchev–Trinajstić information content (AvgIpc) is 3.15. The van der Waals surface area contributed by atoms with Gasteiger partial charge in [-0.2, -0.15) is 0 Å². The number of aromatic nitrogens is 1. The smallest absolute Gasteiger partial charge is 0.269 e. The fraction of sp³-hybridized carbons (Fsp3) is 0.111. The Morgan fingerprint density at radius 3 is 2.71 bits per heavy atom. The van der Waals surface area contributed by atoms with Crippen LogP contribution in [0.3, 0.4) is 0 Å². The van der Waals surface area contributed by atoms with E-state index in [1.54, 1.807) is 31.4 Å². The number of thioether (sulfide) groups is 1. The molecule has 0 spiro atoms. The Morgan fingerprint density at radius 2 is 2.07 bits per heavy atom. The second kappa shape index (κ2) is 9.05. The number of hydrogen-bond acceptors (Lipinski definition) is 7. The van der Waals surface area contributed by atoms with Gasteiger partial charge in [0.15, 0.2) is 5.13 Å². The van der Waals surface area contributed by atoms with Gasteiger partial charge in [0, 0.05) is 28.0 Å². The van der Waals surface area contributed by atoms with Crippen molar-refractivity contribution < 1.29 is 14.5 Å². The average molecular weight is 436 g/mol. The van der Waals surface area contributed by atoms with Crippen LogP contribution >= 0.6 is 34.7 Å². The molecule has 144 valence electrons. The molecule has 10 heteroatoms. The van der Waals surface area contributed by atoms with Crippen LogP contribution in [0.5, 0.6) is 5.75 Å². The maximum atomic E-state index is 12.1. The van der Waals surface area contributed by atoms with Crippen LogP contribution in [0, 0.1) is 10.1 Å². The molecule has 0 bridgehead atoms. The fourth-order valence-electron chi connectivity index (χ4n) is 2.26. The lowest BCUT2D eigenvalue weighted by Gasteiger charge is -2.04. The van der Waals surface area contributed by atoms with E-state index in [-0.39, 0.29) is 17.3 Å². The summed E-state index contributed by atoms with van der Waals surface area (Å²) in [4.78, 5) is 27.5. The van der Waals surface area contributed by atoms with Gasteiger partial charge in [0.25, 0.3) is 5.69 Å². The fourth-order valence-corrected chi connectivity index (χ4v) is 3.95. The molecule has 3 rings (SSSR count). The molecular formula is C18H14ClN3O4S2. The van der Waals surface area contributed by atoms with Crippen molar-refractivity contribution in [3.63, 3.8) is 0 Å². The lowest BCUT2D eigenvalue weighted by atomic mass is 10.2. The van der Waals surface area contributed by atoms with Crippen LogP contribution < -0.4 is 10.1 Å². The number of halogens is 1. The van der Waals surface area contributed by atoms with Gasteiger partial charge < -0.3 is 10.1 Å². The first-order chi connectivity index (χ1) is 13.5. The Bertz CT molecular complexity index is 1010. The van der Waals surface area contributed by atoms with Crippen LogP contribution in [0.1, 0.15) is 0 Å². The molecule has 28 heavy (non-hydrogen) atoms. The number of rotatable bonds is 7. The lowest BCUT2D eigenvalue weighted by molar-refractivity contribution is -0.384. The SMILES string of the molecule is COc1ccc(-c2csc(NC(=O)CSc3ccc([N+](=O)[O-])cc3)n2)cc1Cl. The summed E-state index contributed by atoms with van der Waals surface area (Å²) < 4.78 is 5.13. The number of nitrogens with zero attached hydrogens (tertiary/aromatic N) is 2. The molecule has 7 nitrogen and oxygen atoms in total. The number of benzene rings is 2. The highest BCUT2D eigenvalue weighted by molar-refractivity contribution is 8.00. The number of hydrogen-bond donors (Lipinski definition) is 1. The summed E-state index contributed by atoms with van der Waals surface area (Å²) in [5, 5.41) is 16.2. The number of nitrogens with one attached hydrogen (secondary N) is 1. The van der Waals surface area contributed by atoms with E-state index in [2.05, 4.69) is 10.3 Å². The van der Waals surface area contributed by atoms with E-state index in [1.807, 2.05) is 11.4 Å². The van der Waals surface area contributed by atoms with Gasteiger partial charge in [-0.1, -0.05) is 11.6 Å². The van der Waals surface area contributed by atoms with E-state index >= 15 is 0 Å². The van der Waals surface area contributed by atoms with Crippen molar-refractivity contribution in [2.75, 3.05) is 18.2 Å². The van der Waals surface area contributed by atoms with Crippen LogP contribution in [-0.4, -0.2) is 28.7 Å². The molecule has 1 heterocycles. The predicted octanol–water partition coefficient (Wildman–Crippen LogP) is 5.11. The first kappa shape index (κ1) is 20.1. The Morgan fingerprint density at radius 1 is 1.32 bits per heavy atom. The molecule has 0 fully saturated rings. The van der Waals surface area contributed by atoms with Crippen LogP contribution in [0.4, 0.5) is 10.8 Å². The zero-order valence-electron chi connectivity index (χ0n) is 14.5. The number of carbonyl (C=O) groups excluding carboxylic acids is 1. The van der Waals surface area contributed by atoms with Crippen LogP contribution in [-0.2, 0) is 4.79 Å². The van der Waals surface area contributed by atoms with E-state index in [1.165, 1.54) is 35.2 Å². The minimum atomic E-state index is -0.461. The third-order valence-electron chi connectivity index (χ3n) is 3.62. The van der Waals surface area contributed by atoms with Crippen molar-refractivity contribution in [3.8, 4) is 17.0 Å². The maximum Gasteiger partial charge on any atom is 0.269 e. The highest BCUT2D eigenvalue weighted by Crippen LogP contribution is 2.32. The zero-order chi connectivity index (χ0) is 20.1. The number of carbonyl (C=O) groups is 1. The summed E-state index contributed by atoms with van der Waals surface area (Å²) in [7, 11) is 1.55. The summed E-state index contributed by atoms with van der Waals surface area (Å²) in [6.45, 7) is 0. The normalized spacial score (nSPS) is 10.5.